The molecule has 0 radical (unpaired) electrons. The number of nitrogens with zero attached hydrogens (tertiary/aromatic N) is 2. The molecular formula is C23H27ClN2O3. The van der Waals surface area contributed by atoms with Crippen LogP contribution in [0, 0.1) is 5.92 Å². The number of methoxy groups -OCH3 is 1. The van der Waals surface area contributed by atoms with Gasteiger partial charge in [0.1, 0.15) is 5.75 Å². The van der Waals surface area contributed by atoms with Crippen LogP contribution < -0.4 is 4.74 Å². The molecule has 2 aromatic carbocycles. The van der Waals surface area contributed by atoms with E-state index in [1.54, 1.807) is 7.11 Å². The molecular weight excluding hydrogens is 388 g/mol. The molecule has 0 unspecified atom stereocenters. The normalized spacial score (nSPS) is 15.8. The summed E-state index contributed by atoms with van der Waals surface area (Å²) in [5.74, 6) is 1.17. The molecule has 0 spiro atoms. The van der Waals surface area contributed by atoms with Gasteiger partial charge in [-0.15, -0.1) is 0 Å². The summed E-state index contributed by atoms with van der Waals surface area (Å²) in [5.41, 5.74) is 2.72. The zero-order valence-corrected chi connectivity index (χ0v) is 17.9. The second kappa shape index (κ2) is 9.79. The Hall–Kier alpha value is -2.53. The van der Waals surface area contributed by atoms with Crippen LogP contribution in [0.5, 0.6) is 5.75 Å². The van der Waals surface area contributed by atoms with Gasteiger partial charge in [-0.25, -0.2) is 0 Å². The zero-order chi connectivity index (χ0) is 20.8. The van der Waals surface area contributed by atoms with Crippen LogP contribution in [0.2, 0.25) is 5.02 Å². The maximum absolute atomic E-state index is 12.9. The number of rotatable bonds is 8. The molecule has 0 saturated heterocycles. The zero-order valence-electron chi connectivity index (χ0n) is 17.1. The van der Waals surface area contributed by atoms with Gasteiger partial charge in [0.25, 0.3) is 0 Å². The van der Waals surface area contributed by atoms with Gasteiger partial charge in [0.2, 0.25) is 5.91 Å². The Morgan fingerprint density at radius 1 is 1.28 bits per heavy atom. The van der Waals surface area contributed by atoms with Crippen LogP contribution in [0.1, 0.15) is 37.8 Å². The van der Waals surface area contributed by atoms with Crippen LogP contribution in [0.25, 0.3) is 0 Å². The summed E-state index contributed by atoms with van der Waals surface area (Å²) in [6.45, 7) is 5.07. The number of hydrogen-bond acceptors (Lipinski definition) is 4. The Labute approximate surface area is 177 Å². The summed E-state index contributed by atoms with van der Waals surface area (Å²) < 4.78 is 5.31. The molecule has 0 bridgehead atoms. The van der Waals surface area contributed by atoms with Crippen molar-refractivity contribution in [2.45, 2.75) is 39.3 Å². The second-order valence-corrected chi connectivity index (χ2v) is 8.08. The number of benzene rings is 2. The molecule has 1 aliphatic heterocycles. The van der Waals surface area contributed by atoms with Crippen LogP contribution in [-0.4, -0.2) is 36.3 Å². The molecule has 1 amide bonds. The Balaban J connectivity index is 1.70. The highest BCUT2D eigenvalue weighted by Crippen LogP contribution is 2.24. The quantitative estimate of drug-likeness (QED) is 0.616. The van der Waals surface area contributed by atoms with Gasteiger partial charge in [-0.3, -0.25) is 4.79 Å². The minimum absolute atomic E-state index is 0.109. The SMILES string of the molecule is COc1cccc(CN(C[C@H]2CC(c3ccccc3Cl)=NO2)C(=O)CC(C)C)c1. The van der Waals surface area contributed by atoms with Gasteiger partial charge < -0.3 is 14.5 Å². The van der Waals surface area contributed by atoms with E-state index in [2.05, 4.69) is 5.16 Å². The molecule has 154 valence electrons. The van der Waals surface area contributed by atoms with Crippen molar-refractivity contribution in [2.75, 3.05) is 13.7 Å². The fraction of sp³-hybridized carbons (Fsp3) is 0.391. The van der Waals surface area contributed by atoms with Crippen molar-refractivity contribution in [1.29, 1.82) is 0 Å². The number of hydrogen-bond donors (Lipinski definition) is 0. The summed E-state index contributed by atoms with van der Waals surface area (Å²) in [4.78, 5) is 20.4. The van der Waals surface area contributed by atoms with Gasteiger partial charge in [0, 0.05) is 30.0 Å². The van der Waals surface area contributed by atoms with E-state index >= 15 is 0 Å². The molecule has 3 rings (SSSR count). The summed E-state index contributed by atoms with van der Waals surface area (Å²) in [7, 11) is 1.64. The fourth-order valence-corrected chi connectivity index (χ4v) is 3.60. The third kappa shape index (κ3) is 5.73. The van der Waals surface area contributed by atoms with Gasteiger partial charge >= 0.3 is 0 Å². The Morgan fingerprint density at radius 2 is 2.07 bits per heavy atom. The highest BCUT2D eigenvalue weighted by atomic mass is 35.5. The number of carbonyl (C=O) groups excluding carboxylic acids is 1. The molecule has 5 nitrogen and oxygen atoms in total. The average molecular weight is 415 g/mol. The lowest BCUT2D eigenvalue weighted by atomic mass is 10.0. The maximum Gasteiger partial charge on any atom is 0.223 e. The summed E-state index contributed by atoms with van der Waals surface area (Å²) in [6, 6.07) is 15.4. The first-order valence-electron chi connectivity index (χ1n) is 9.84. The van der Waals surface area contributed by atoms with Crippen LogP contribution >= 0.6 is 11.6 Å². The van der Waals surface area contributed by atoms with Gasteiger partial charge in [0.05, 0.1) is 19.4 Å². The van der Waals surface area contributed by atoms with Gasteiger partial charge in [-0.05, 0) is 29.7 Å². The van der Waals surface area contributed by atoms with E-state index in [-0.39, 0.29) is 17.9 Å². The number of ether oxygens (including phenoxy) is 1. The van der Waals surface area contributed by atoms with E-state index in [0.29, 0.717) is 31.0 Å². The molecule has 6 heteroatoms. The molecule has 2 aromatic rings. The minimum atomic E-state index is -0.192. The first kappa shape index (κ1) is 21.2. The van der Waals surface area contributed by atoms with Crippen molar-refractivity contribution in [1.82, 2.24) is 4.90 Å². The smallest absolute Gasteiger partial charge is 0.223 e. The maximum atomic E-state index is 12.9. The summed E-state index contributed by atoms with van der Waals surface area (Å²) in [5, 5.41) is 4.88. The van der Waals surface area contributed by atoms with E-state index in [1.165, 1.54) is 0 Å². The Bertz CT molecular complexity index is 882. The van der Waals surface area contributed by atoms with Crippen LogP contribution in [0.4, 0.5) is 0 Å². The third-order valence-electron chi connectivity index (χ3n) is 4.78. The number of carbonyl (C=O) groups is 1. The van der Waals surface area contributed by atoms with Gasteiger partial charge in [-0.2, -0.15) is 0 Å². The Kier molecular flexibility index (Phi) is 7.15. The van der Waals surface area contributed by atoms with E-state index in [0.717, 1.165) is 22.6 Å². The van der Waals surface area contributed by atoms with Crippen molar-refractivity contribution < 1.29 is 14.4 Å². The minimum Gasteiger partial charge on any atom is -0.497 e. The molecule has 1 atom stereocenters. The monoisotopic (exact) mass is 414 g/mol. The number of halogens is 1. The van der Waals surface area contributed by atoms with Crippen molar-refractivity contribution in [2.24, 2.45) is 11.1 Å². The number of oxime groups is 1. The highest BCUT2D eigenvalue weighted by molar-refractivity contribution is 6.34. The molecule has 0 fully saturated rings. The van der Waals surface area contributed by atoms with Crippen molar-refractivity contribution in [3.63, 3.8) is 0 Å². The van der Waals surface area contributed by atoms with Crippen molar-refractivity contribution in [3.8, 4) is 5.75 Å². The van der Waals surface area contributed by atoms with E-state index in [1.807, 2.05) is 67.3 Å². The molecule has 0 N–H and O–H groups in total. The van der Waals surface area contributed by atoms with Crippen molar-refractivity contribution >= 4 is 23.2 Å². The molecule has 1 aliphatic rings. The molecule has 29 heavy (non-hydrogen) atoms. The molecule has 0 saturated carbocycles. The lowest BCUT2D eigenvalue weighted by Gasteiger charge is -2.26. The summed E-state index contributed by atoms with van der Waals surface area (Å²) >= 11 is 6.29. The second-order valence-electron chi connectivity index (χ2n) is 7.67. The van der Waals surface area contributed by atoms with Crippen LogP contribution in [0.3, 0.4) is 0 Å². The molecule has 0 aliphatic carbocycles. The highest BCUT2D eigenvalue weighted by Gasteiger charge is 2.28. The molecule has 1 heterocycles. The van der Waals surface area contributed by atoms with Crippen LogP contribution in [-0.2, 0) is 16.2 Å². The predicted octanol–water partition coefficient (Wildman–Crippen LogP) is 4.92. The van der Waals surface area contributed by atoms with Gasteiger partial charge in [0.15, 0.2) is 6.10 Å². The lowest BCUT2D eigenvalue weighted by molar-refractivity contribution is -0.134. The lowest BCUT2D eigenvalue weighted by Crippen LogP contribution is -2.37. The topological polar surface area (TPSA) is 51.1 Å². The van der Waals surface area contributed by atoms with E-state index in [4.69, 9.17) is 21.2 Å². The standard InChI is InChI=1S/C23H27ClN2O3/c1-16(2)11-23(27)26(14-17-7-6-8-18(12-17)28-3)15-19-13-22(25-29-19)20-9-4-5-10-21(20)24/h4-10,12,16,19H,11,13-15H2,1-3H3/t19-/m1/s1. The summed E-state index contributed by atoms with van der Waals surface area (Å²) in [6.07, 6.45) is 0.922. The van der Waals surface area contributed by atoms with E-state index < -0.39 is 0 Å². The van der Waals surface area contributed by atoms with E-state index in [9.17, 15) is 4.79 Å². The van der Waals surface area contributed by atoms with Crippen molar-refractivity contribution in [3.05, 3.63) is 64.7 Å². The average Bonchev–Trinajstić information content (AvgIpc) is 3.16. The fourth-order valence-electron chi connectivity index (χ4n) is 3.35. The molecule has 0 aromatic heterocycles. The van der Waals surface area contributed by atoms with Crippen LogP contribution in [0.15, 0.2) is 53.7 Å². The van der Waals surface area contributed by atoms with Gasteiger partial charge in [-0.1, -0.05) is 60.9 Å². The third-order valence-corrected chi connectivity index (χ3v) is 5.11. The predicted molar refractivity (Wildman–Crippen MR) is 115 cm³/mol. The first-order chi connectivity index (χ1) is 14.0. The number of amides is 1. The Morgan fingerprint density at radius 3 is 2.79 bits per heavy atom. The first-order valence-corrected chi connectivity index (χ1v) is 10.2. The largest absolute Gasteiger partial charge is 0.497 e.